The van der Waals surface area contributed by atoms with Crippen LogP contribution in [0.1, 0.15) is 26.7 Å². The molecule has 0 saturated heterocycles. The number of aromatic nitrogens is 6. The van der Waals surface area contributed by atoms with Crippen molar-refractivity contribution in [3.63, 3.8) is 0 Å². The molecule has 2 amide bonds. The minimum Gasteiger partial charge on any atom is -0.489 e. The number of fused-ring (bicyclic) bond motifs is 2. The summed E-state index contributed by atoms with van der Waals surface area (Å²) in [5, 5.41) is 10.2. The van der Waals surface area contributed by atoms with Crippen molar-refractivity contribution in [2.24, 2.45) is 0 Å². The van der Waals surface area contributed by atoms with Crippen LogP contribution in [-0.2, 0) is 6.54 Å². The third-order valence-electron chi connectivity index (χ3n) is 9.27. The SMILES string of the molecule is CN1C(=S)C(NC(=O)c2ncn(Cc3ccc(-c4cnc5c(c4)OCC(NC(=O)c4cc(Oc6ccccc6)ccn4)C(=S)N5C)cc3)n2)COc2ccncc21. The first-order chi connectivity index (χ1) is 27.7. The van der Waals surface area contributed by atoms with Gasteiger partial charge in [-0.15, -0.1) is 5.10 Å². The number of ether oxygens (including phenoxy) is 3. The first-order valence-corrected chi connectivity index (χ1v) is 18.6. The maximum absolute atomic E-state index is 13.3. The van der Waals surface area contributed by atoms with E-state index in [1.165, 1.54) is 12.5 Å². The van der Waals surface area contributed by atoms with Crippen LogP contribution in [0.3, 0.4) is 0 Å². The second-order valence-electron chi connectivity index (χ2n) is 13.1. The van der Waals surface area contributed by atoms with E-state index >= 15 is 0 Å². The zero-order valence-corrected chi connectivity index (χ0v) is 32.2. The lowest BCUT2D eigenvalue weighted by molar-refractivity contribution is 0.0921. The number of anilines is 2. The predicted octanol–water partition coefficient (Wildman–Crippen LogP) is 4.88. The van der Waals surface area contributed by atoms with Gasteiger partial charge in [-0.05, 0) is 35.4 Å². The quantitative estimate of drug-likeness (QED) is 0.191. The predicted molar refractivity (Wildman–Crippen MR) is 219 cm³/mol. The molecule has 4 aromatic heterocycles. The number of nitrogens with zero attached hydrogens (tertiary/aromatic N) is 8. The van der Waals surface area contributed by atoms with Crippen LogP contribution >= 0.6 is 24.4 Å². The van der Waals surface area contributed by atoms with E-state index in [0.29, 0.717) is 45.3 Å². The molecular weight excluding hydrogens is 765 g/mol. The molecule has 2 aromatic carbocycles. The van der Waals surface area contributed by atoms with Crippen molar-refractivity contribution in [3.05, 3.63) is 127 Å². The Bertz CT molecular complexity index is 2480. The van der Waals surface area contributed by atoms with E-state index in [-0.39, 0.29) is 24.7 Å². The molecule has 0 bridgehead atoms. The summed E-state index contributed by atoms with van der Waals surface area (Å²) in [6.45, 7) is 0.638. The highest BCUT2D eigenvalue weighted by Crippen LogP contribution is 2.34. The van der Waals surface area contributed by atoms with Crippen LogP contribution in [0, 0.1) is 0 Å². The number of hydrogen-bond donors (Lipinski definition) is 2. The molecule has 0 aliphatic carbocycles. The minimum absolute atomic E-state index is 0.0158. The molecule has 0 fully saturated rings. The van der Waals surface area contributed by atoms with Crippen LogP contribution in [-0.4, -0.2) is 90.9 Å². The number of amides is 2. The van der Waals surface area contributed by atoms with Crippen LogP contribution in [0.2, 0.25) is 0 Å². The zero-order chi connectivity index (χ0) is 39.5. The molecule has 0 radical (unpaired) electrons. The number of nitrogens with one attached hydrogen (secondary N) is 2. The fraction of sp³-hybridized carbons (Fsp3) is 0.175. The first kappa shape index (κ1) is 37.1. The van der Waals surface area contributed by atoms with Gasteiger partial charge in [0, 0.05) is 50.4 Å². The Hall–Kier alpha value is -6.85. The monoisotopic (exact) mass is 798 g/mol. The summed E-state index contributed by atoms with van der Waals surface area (Å²) in [6, 6.07) is 22.9. The highest BCUT2D eigenvalue weighted by molar-refractivity contribution is 7.81. The Morgan fingerprint density at radius 3 is 2.30 bits per heavy atom. The summed E-state index contributed by atoms with van der Waals surface area (Å²) in [7, 11) is 3.60. The van der Waals surface area contributed by atoms with E-state index in [4.69, 9.17) is 38.6 Å². The average molecular weight is 799 g/mol. The Balaban J connectivity index is 0.881. The van der Waals surface area contributed by atoms with E-state index in [1.807, 2.05) is 67.7 Å². The van der Waals surface area contributed by atoms with Crippen LogP contribution in [0.4, 0.5) is 11.5 Å². The molecule has 6 heterocycles. The molecule has 6 aromatic rings. The third kappa shape index (κ3) is 8.10. The third-order valence-corrected chi connectivity index (χ3v) is 10.4. The van der Waals surface area contributed by atoms with Gasteiger partial charge in [-0.3, -0.25) is 19.6 Å². The van der Waals surface area contributed by atoms with Gasteiger partial charge in [0.15, 0.2) is 11.6 Å². The average Bonchev–Trinajstić information content (AvgIpc) is 3.63. The lowest BCUT2D eigenvalue weighted by Gasteiger charge is -2.22. The standard InChI is InChI=1S/C40H34N10O5S2/c1-48-32-19-41-14-13-33(32)53-21-30(39(48)56)46-38(52)35-44-23-50(47-35)20-24-8-10-25(11-9-24)26-16-34-36(43-18-26)49(2)40(57)31(22-54-34)45-37(51)29-17-28(12-15-42-29)55-27-6-4-3-5-7-27/h3-19,23,30-31H,20-22H2,1-2H3,(H,45,51)(H,46,52). The number of para-hydroxylation sites is 1. The van der Waals surface area contributed by atoms with Crippen LogP contribution in [0.15, 0.2) is 110 Å². The molecular formula is C40H34N10O5S2. The molecule has 0 saturated carbocycles. The highest BCUT2D eigenvalue weighted by Gasteiger charge is 2.30. The van der Waals surface area contributed by atoms with E-state index < -0.39 is 23.9 Å². The van der Waals surface area contributed by atoms with Crippen molar-refractivity contribution in [1.29, 1.82) is 0 Å². The first-order valence-electron chi connectivity index (χ1n) is 17.7. The fourth-order valence-corrected chi connectivity index (χ4v) is 6.67. The van der Waals surface area contributed by atoms with Crippen LogP contribution in [0.5, 0.6) is 23.0 Å². The summed E-state index contributed by atoms with van der Waals surface area (Å²) >= 11 is 11.4. The molecule has 17 heteroatoms. The number of thiocarbonyl (C=S) groups is 2. The molecule has 2 unspecified atom stereocenters. The molecule has 8 rings (SSSR count). The van der Waals surface area contributed by atoms with Crippen LogP contribution < -0.4 is 34.6 Å². The van der Waals surface area contributed by atoms with Gasteiger partial charge < -0.3 is 34.6 Å². The smallest absolute Gasteiger partial charge is 0.291 e. The van der Waals surface area contributed by atoms with Gasteiger partial charge in [0.05, 0.1) is 12.7 Å². The summed E-state index contributed by atoms with van der Waals surface area (Å²) in [4.78, 5) is 48.1. The largest absolute Gasteiger partial charge is 0.489 e. The van der Waals surface area contributed by atoms with Gasteiger partial charge in [-0.2, -0.15) is 0 Å². The number of benzene rings is 2. The normalized spacial score (nSPS) is 16.2. The lowest BCUT2D eigenvalue weighted by Crippen LogP contribution is -2.48. The summed E-state index contributed by atoms with van der Waals surface area (Å²) in [6.07, 6.45) is 8.08. The molecule has 2 aliphatic heterocycles. The van der Waals surface area contributed by atoms with Crippen molar-refractivity contribution in [3.8, 4) is 34.1 Å². The van der Waals surface area contributed by atoms with Crippen molar-refractivity contribution in [2.45, 2.75) is 18.6 Å². The zero-order valence-electron chi connectivity index (χ0n) is 30.6. The molecule has 0 spiro atoms. The summed E-state index contributed by atoms with van der Waals surface area (Å²) < 4.78 is 19.5. The van der Waals surface area contributed by atoms with Crippen LogP contribution in [0.25, 0.3) is 11.1 Å². The van der Waals surface area contributed by atoms with Crippen molar-refractivity contribution in [2.75, 3.05) is 37.1 Å². The second-order valence-corrected chi connectivity index (χ2v) is 13.9. The maximum Gasteiger partial charge on any atom is 0.291 e. The summed E-state index contributed by atoms with van der Waals surface area (Å²) in [5.41, 5.74) is 3.57. The second kappa shape index (κ2) is 16.1. The van der Waals surface area contributed by atoms with E-state index in [2.05, 4.69) is 35.7 Å². The molecule has 2 N–H and O–H groups in total. The Labute approximate surface area is 337 Å². The lowest BCUT2D eigenvalue weighted by atomic mass is 10.1. The molecule has 57 heavy (non-hydrogen) atoms. The fourth-order valence-electron chi connectivity index (χ4n) is 6.23. The van der Waals surface area contributed by atoms with Crippen molar-refractivity contribution < 1.29 is 23.8 Å². The summed E-state index contributed by atoms with van der Waals surface area (Å²) in [5.74, 6) is 1.94. The molecule has 2 aliphatic rings. The number of pyridine rings is 3. The Morgan fingerprint density at radius 2 is 1.51 bits per heavy atom. The number of hydrogen-bond acceptors (Lipinski definition) is 12. The van der Waals surface area contributed by atoms with E-state index in [1.54, 1.807) is 58.3 Å². The Morgan fingerprint density at radius 1 is 0.772 bits per heavy atom. The molecule has 286 valence electrons. The van der Waals surface area contributed by atoms with Crippen molar-refractivity contribution in [1.82, 2.24) is 40.3 Å². The molecule has 15 nitrogen and oxygen atoms in total. The van der Waals surface area contributed by atoms with Gasteiger partial charge in [0.2, 0.25) is 5.82 Å². The number of rotatable bonds is 9. The maximum atomic E-state index is 13.3. The van der Waals surface area contributed by atoms with Gasteiger partial charge in [0.1, 0.15) is 70.2 Å². The minimum atomic E-state index is -0.626. The Kier molecular flexibility index (Phi) is 10.5. The van der Waals surface area contributed by atoms with E-state index in [0.717, 1.165) is 22.4 Å². The number of likely N-dealkylation sites (N-methyl/N-ethyl adjacent to an activating group) is 2. The number of carbonyl (C=O) groups is 2. The van der Waals surface area contributed by atoms with Gasteiger partial charge in [0.25, 0.3) is 11.8 Å². The van der Waals surface area contributed by atoms with Gasteiger partial charge >= 0.3 is 0 Å². The van der Waals surface area contributed by atoms with Gasteiger partial charge in [-0.1, -0.05) is 66.9 Å². The van der Waals surface area contributed by atoms with Crippen molar-refractivity contribution >= 4 is 57.7 Å². The highest BCUT2D eigenvalue weighted by atomic mass is 32.1. The van der Waals surface area contributed by atoms with Gasteiger partial charge in [-0.25, -0.2) is 14.6 Å². The molecule has 2 atom stereocenters. The number of carbonyl (C=O) groups excluding carboxylic acids is 2. The topological polar surface area (TPSA) is 162 Å². The van der Waals surface area contributed by atoms with E-state index in [9.17, 15) is 9.59 Å².